The summed E-state index contributed by atoms with van der Waals surface area (Å²) in [7, 11) is 0. The third kappa shape index (κ3) is 2.29. The number of para-hydroxylation sites is 1. The van der Waals surface area contributed by atoms with Crippen molar-refractivity contribution in [1.29, 1.82) is 0 Å². The Morgan fingerprint density at radius 1 is 1.40 bits per heavy atom. The van der Waals surface area contributed by atoms with Crippen molar-refractivity contribution in [3.05, 3.63) is 47.7 Å². The smallest absolute Gasteiger partial charge is 0.674 e. The van der Waals surface area contributed by atoms with E-state index in [0.29, 0.717) is 0 Å². The van der Waals surface area contributed by atoms with E-state index in [0.717, 1.165) is 17.1 Å². The molecule has 1 radical (unpaired) electrons. The molecule has 0 atom stereocenters. The molecule has 2 rings (SSSR count). The third-order valence-corrected chi connectivity index (χ3v) is 2.09. The summed E-state index contributed by atoms with van der Waals surface area (Å²) in [4.78, 5) is 0. The SMILES string of the molecule is Cc1nn[c-]n1-c1ccccc1C[NH-].[V+2]. The summed E-state index contributed by atoms with van der Waals surface area (Å²) in [5.74, 6) is 0.783. The molecule has 0 fully saturated rings. The topological polar surface area (TPSA) is 54.5 Å². The van der Waals surface area contributed by atoms with Crippen LogP contribution in [-0.2, 0) is 25.1 Å². The fourth-order valence-electron chi connectivity index (χ4n) is 1.36. The normalized spacial score (nSPS) is 9.73. The van der Waals surface area contributed by atoms with E-state index >= 15 is 0 Å². The van der Waals surface area contributed by atoms with Crippen molar-refractivity contribution in [3.8, 4) is 5.69 Å². The monoisotopic (exact) mass is 237 g/mol. The van der Waals surface area contributed by atoms with Gasteiger partial charge in [0, 0.05) is 12.2 Å². The van der Waals surface area contributed by atoms with E-state index in [2.05, 4.69) is 16.5 Å². The zero-order valence-electron chi connectivity index (χ0n) is 8.31. The molecular formula is C10H10N4V. The molecule has 0 aliphatic rings. The third-order valence-electron chi connectivity index (χ3n) is 2.09. The maximum atomic E-state index is 7.39. The first kappa shape index (κ1) is 12.0. The van der Waals surface area contributed by atoms with E-state index in [1.807, 2.05) is 31.2 Å². The minimum Gasteiger partial charge on any atom is -0.674 e. The number of nitrogens with zero attached hydrogens (tertiary/aromatic N) is 3. The van der Waals surface area contributed by atoms with Gasteiger partial charge < -0.3 is 10.3 Å². The molecule has 0 unspecified atom stereocenters. The van der Waals surface area contributed by atoms with Crippen LogP contribution in [0.15, 0.2) is 24.3 Å². The van der Waals surface area contributed by atoms with Crippen LogP contribution < -0.4 is 0 Å². The van der Waals surface area contributed by atoms with Crippen LogP contribution in [0.3, 0.4) is 0 Å². The van der Waals surface area contributed by atoms with Crippen LogP contribution in [0.1, 0.15) is 11.4 Å². The van der Waals surface area contributed by atoms with Crippen molar-refractivity contribution in [3.63, 3.8) is 0 Å². The van der Waals surface area contributed by atoms with Gasteiger partial charge in [0.25, 0.3) is 0 Å². The zero-order valence-corrected chi connectivity index (χ0v) is 9.70. The maximum absolute atomic E-state index is 7.39. The molecular weight excluding hydrogens is 227 g/mol. The fraction of sp³-hybridized carbons (Fsp3) is 0.200. The van der Waals surface area contributed by atoms with Gasteiger partial charge in [-0.15, -0.1) is 12.1 Å². The van der Waals surface area contributed by atoms with Crippen LogP contribution in [0.25, 0.3) is 11.4 Å². The van der Waals surface area contributed by atoms with Crippen molar-refractivity contribution in [2.45, 2.75) is 13.5 Å². The maximum Gasteiger partial charge on any atom is 2.00 e. The predicted octanol–water partition coefficient (Wildman–Crippen LogP) is 1.93. The summed E-state index contributed by atoms with van der Waals surface area (Å²) in [6.07, 6.45) is 2.77. The average Bonchev–Trinajstić information content (AvgIpc) is 2.64. The van der Waals surface area contributed by atoms with Gasteiger partial charge in [0.2, 0.25) is 0 Å². The van der Waals surface area contributed by atoms with Gasteiger partial charge in [0.05, 0.1) is 0 Å². The Hall–Kier alpha value is -1.10. The molecule has 0 aliphatic carbocycles. The van der Waals surface area contributed by atoms with Gasteiger partial charge in [0.15, 0.2) is 0 Å². The van der Waals surface area contributed by atoms with Gasteiger partial charge in [-0.1, -0.05) is 36.9 Å². The van der Waals surface area contributed by atoms with Gasteiger partial charge in [-0.3, -0.25) is 0 Å². The van der Waals surface area contributed by atoms with Crippen molar-refractivity contribution in [2.24, 2.45) is 0 Å². The molecule has 0 aliphatic heterocycles. The fourth-order valence-corrected chi connectivity index (χ4v) is 1.36. The largest absolute Gasteiger partial charge is 2.00 e. The molecule has 0 saturated carbocycles. The summed E-state index contributed by atoms with van der Waals surface area (Å²) in [6.45, 7) is 2.12. The Kier molecular flexibility index (Phi) is 4.09. The van der Waals surface area contributed by atoms with E-state index in [-0.39, 0.29) is 25.1 Å². The van der Waals surface area contributed by atoms with E-state index in [4.69, 9.17) is 5.73 Å². The summed E-state index contributed by atoms with van der Waals surface area (Å²) in [5.41, 5.74) is 9.28. The Morgan fingerprint density at radius 2 is 2.13 bits per heavy atom. The summed E-state index contributed by atoms with van der Waals surface area (Å²) >= 11 is 0. The van der Waals surface area contributed by atoms with Crippen LogP contribution in [0, 0.1) is 13.3 Å². The number of hydrogen-bond acceptors (Lipinski definition) is 2. The number of nitrogens with one attached hydrogen (secondary N) is 1. The van der Waals surface area contributed by atoms with Crippen LogP contribution in [0.2, 0.25) is 0 Å². The van der Waals surface area contributed by atoms with Crippen LogP contribution in [0.5, 0.6) is 0 Å². The zero-order chi connectivity index (χ0) is 9.97. The Balaban J connectivity index is 0.00000112. The summed E-state index contributed by atoms with van der Waals surface area (Å²) in [6, 6.07) is 7.72. The Bertz CT molecular complexity index is 438. The minimum absolute atomic E-state index is 0. The number of benzene rings is 1. The number of rotatable bonds is 2. The average molecular weight is 237 g/mol. The van der Waals surface area contributed by atoms with Crippen molar-refractivity contribution in [1.82, 2.24) is 14.8 Å². The molecule has 4 nitrogen and oxygen atoms in total. The molecule has 1 heterocycles. The molecule has 1 N–H and O–H groups in total. The second kappa shape index (κ2) is 5.12. The molecule has 1 aromatic carbocycles. The van der Waals surface area contributed by atoms with Gasteiger partial charge in [0.1, 0.15) is 0 Å². The Labute approximate surface area is 100 Å². The number of aryl methyl sites for hydroxylation is 1. The van der Waals surface area contributed by atoms with Gasteiger partial charge in [-0.05, 0) is 0 Å². The number of hydrogen-bond donors (Lipinski definition) is 0. The molecule has 0 saturated heterocycles. The molecule has 5 heteroatoms. The standard InChI is InChI=1S/C10H10N4.V/c1-8-13-12-7-14(8)10-5-3-2-4-9(10)6-11;/h2-5,11H,6H2,1H3;/q-2;+2. The van der Waals surface area contributed by atoms with Crippen LogP contribution >= 0.6 is 0 Å². The van der Waals surface area contributed by atoms with E-state index in [9.17, 15) is 0 Å². The number of aromatic nitrogens is 3. The molecule has 75 valence electrons. The van der Waals surface area contributed by atoms with E-state index < -0.39 is 0 Å². The van der Waals surface area contributed by atoms with Gasteiger partial charge in [-0.25, -0.2) is 10.2 Å². The van der Waals surface area contributed by atoms with Crippen LogP contribution in [0.4, 0.5) is 0 Å². The van der Waals surface area contributed by atoms with Gasteiger partial charge >= 0.3 is 18.6 Å². The predicted molar refractivity (Wildman–Crippen MR) is 53.0 cm³/mol. The summed E-state index contributed by atoms with van der Waals surface area (Å²) in [5, 5.41) is 7.56. The second-order valence-electron chi connectivity index (χ2n) is 2.99. The van der Waals surface area contributed by atoms with E-state index in [1.54, 1.807) is 4.57 Å². The first-order valence-corrected chi connectivity index (χ1v) is 4.35. The van der Waals surface area contributed by atoms with Crippen LogP contribution in [-0.4, -0.2) is 14.8 Å². The molecule has 1 aromatic heterocycles. The molecule has 2 aromatic rings. The first-order valence-electron chi connectivity index (χ1n) is 4.35. The molecule has 0 bridgehead atoms. The Morgan fingerprint density at radius 3 is 2.73 bits per heavy atom. The van der Waals surface area contributed by atoms with Crippen molar-refractivity contribution >= 4 is 0 Å². The van der Waals surface area contributed by atoms with Crippen molar-refractivity contribution < 1.29 is 18.6 Å². The quantitative estimate of drug-likeness (QED) is 0.749. The van der Waals surface area contributed by atoms with Gasteiger partial charge in [-0.2, -0.15) is 0 Å². The molecule has 0 amide bonds. The second-order valence-corrected chi connectivity index (χ2v) is 2.99. The van der Waals surface area contributed by atoms with Crippen molar-refractivity contribution in [2.75, 3.05) is 0 Å². The van der Waals surface area contributed by atoms with E-state index in [1.165, 1.54) is 0 Å². The summed E-state index contributed by atoms with van der Waals surface area (Å²) < 4.78 is 1.77. The minimum atomic E-state index is 0. The first-order chi connectivity index (χ1) is 6.83. The molecule has 0 spiro atoms. The molecule has 15 heavy (non-hydrogen) atoms.